The fraction of sp³-hybridized carbons (Fsp3) is 0.273. The van der Waals surface area contributed by atoms with Crippen LogP contribution in [0.25, 0.3) is 5.69 Å². The molecule has 8 heteroatoms. The van der Waals surface area contributed by atoms with E-state index in [0.29, 0.717) is 17.1 Å². The van der Waals surface area contributed by atoms with Gasteiger partial charge in [0, 0.05) is 12.1 Å². The highest BCUT2D eigenvalue weighted by Gasteiger charge is 2.15. The van der Waals surface area contributed by atoms with Crippen molar-refractivity contribution in [2.45, 2.75) is 12.3 Å². The summed E-state index contributed by atoms with van der Waals surface area (Å²) in [6.45, 7) is 1.76. The molecular formula is C11H11ClN4O3. The second-order valence-corrected chi connectivity index (χ2v) is 4.47. The number of nitro groups is 1. The van der Waals surface area contributed by atoms with Crippen LogP contribution in [-0.4, -0.2) is 27.0 Å². The first-order valence-electron chi connectivity index (χ1n) is 5.42. The summed E-state index contributed by atoms with van der Waals surface area (Å²) in [5.74, 6) is 0.462. The zero-order chi connectivity index (χ0) is 14.0. The lowest BCUT2D eigenvalue weighted by Crippen LogP contribution is -2.00. The zero-order valence-electron chi connectivity index (χ0n) is 10.3. The standard InChI is InChI=1S/C11H11ClN4O3/c1-7(12)9-6-15(14-13-9)10-5-8(16(17)18)3-4-11(10)19-2/h3-7H,1-2H3. The van der Waals surface area contributed by atoms with Gasteiger partial charge in [0.25, 0.3) is 5.69 Å². The van der Waals surface area contributed by atoms with Gasteiger partial charge in [-0.05, 0) is 13.0 Å². The average Bonchev–Trinajstić information content (AvgIpc) is 2.87. The summed E-state index contributed by atoms with van der Waals surface area (Å²) in [4.78, 5) is 10.3. The fourth-order valence-corrected chi connectivity index (χ4v) is 1.65. The zero-order valence-corrected chi connectivity index (χ0v) is 11.0. The van der Waals surface area contributed by atoms with Crippen LogP contribution in [0.3, 0.4) is 0 Å². The molecule has 0 bridgehead atoms. The van der Waals surface area contributed by atoms with Gasteiger partial charge >= 0.3 is 0 Å². The molecule has 0 saturated heterocycles. The number of benzene rings is 1. The molecule has 0 amide bonds. The van der Waals surface area contributed by atoms with Crippen LogP contribution < -0.4 is 4.74 Å². The highest BCUT2D eigenvalue weighted by molar-refractivity contribution is 6.20. The van der Waals surface area contributed by atoms with Crippen LogP contribution in [0, 0.1) is 10.1 Å². The quantitative estimate of drug-likeness (QED) is 0.489. The number of nitro benzene ring substituents is 1. The molecule has 0 aliphatic heterocycles. The summed E-state index contributed by atoms with van der Waals surface area (Å²) in [5, 5.41) is 18.3. The Morgan fingerprint density at radius 3 is 2.79 bits per heavy atom. The first kappa shape index (κ1) is 13.3. The first-order valence-corrected chi connectivity index (χ1v) is 5.85. The van der Waals surface area contributed by atoms with E-state index in [9.17, 15) is 10.1 Å². The Morgan fingerprint density at radius 2 is 2.26 bits per heavy atom. The Kier molecular flexibility index (Phi) is 3.66. The lowest BCUT2D eigenvalue weighted by molar-refractivity contribution is -0.384. The van der Waals surface area contributed by atoms with E-state index in [1.807, 2.05) is 0 Å². The van der Waals surface area contributed by atoms with Gasteiger partial charge in [0.15, 0.2) is 0 Å². The summed E-state index contributed by atoms with van der Waals surface area (Å²) in [5.41, 5.74) is 0.967. The van der Waals surface area contributed by atoms with Crippen LogP contribution in [0.5, 0.6) is 5.75 Å². The third-order valence-electron chi connectivity index (χ3n) is 2.54. The Bertz CT molecular complexity index is 612. The molecular weight excluding hydrogens is 272 g/mol. The molecule has 0 radical (unpaired) electrons. The number of aromatic nitrogens is 3. The van der Waals surface area contributed by atoms with E-state index in [1.165, 1.54) is 30.0 Å². The molecule has 0 aliphatic rings. The molecule has 0 spiro atoms. The number of hydrogen-bond acceptors (Lipinski definition) is 5. The minimum atomic E-state index is -0.481. The van der Waals surface area contributed by atoms with Crippen molar-refractivity contribution in [2.24, 2.45) is 0 Å². The normalized spacial score (nSPS) is 12.2. The van der Waals surface area contributed by atoms with Crippen molar-refractivity contribution in [3.05, 3.63) is 40.2 Å². The summed E-state index contributed by atoms with van der Waals surface area (Å²) in [6, 6.07) is 4.25. The molecule has 1 unspecified atom stereocenters. The number of methoxy groups -OCH3 is 1. The molecule has 1 heterocycles. The van der Waals surface area contributed by atoms with Crippen LogP contribution in [0.2, 0.25) is 0 Å². The maximum atomic E-state index is 10.8. The van der Waals surface area contributed by atoms with Crippen molar-refractivity contribution in [3.8, 4) is 11.4 Å². The van der Waals surface area contributed by atoms with E-state index >= 15 is 0 Å². The van der Waals surface area contributed by atoms with Crippen molar-refractivity contribution in [3.63, 3.8) is 0 Å². The summed E-state index contributed by atoms with van der Waals surface area (Å²) in [7, 11) is 1.48. The van der Waals surface area contributed by atoms with Crippen LogP contribution >= 0.6 is 11.6 Å². The smallest absolute Gasteiger partial charge is 0.271 e. The molecule has 2 aromatic rings. The number of halogens is 1. The van der Waals surface area contributed by atoms with Crippen molar-refractivity contribution >= 4 is 17.3 Å². The minimum Gasteiger partial charge on any atom is -0.494 e. The number of hydrogen-bond donors (Lipinski definition) is 0. The van der Waals surface area contributed by atoms with Gasteiger partial charge in [-0.25, -0.2) is 4.68 Å². The highest BCUT2D eigenvalue weighted by atomic mass is 35.5. The van der Waals surface area contributed by atoms with Crippen LogP contribution in [-0.2, 0) is 0 Å². The molecule has 0 aliphatic carbocycles. The highest BCUT2D eigenvalue weighted by Crippen LogP contribution is 2.27. The van der Waals surface area contributed by atoms with Gasteiger partial charge in [-0.1, -0.05) is 5.21 Å². The molecule has 0 fully saturated rings. The molecule has 100 valence electrons. The molecule has 1 aromatic carbocycles. The monoisotopic (exact) mass is 282 g/mol. The number of non-ortho nitro benzene ring substituents is 1. The van der Waals surface area contributed by atoms with Gasteiger partial charge in [-0.3, -0.25) is 10.1 Å². The largest absolute Gasteiger partial charge is 0.494 e. The Morgan fingerprint density at radius 1 is 1.53 bits per heavy atom. The fourth-order valence-electron chi connectivity index (χ4n) is 1.55. The molecule has 7 nitrogen and oxygen atoms in total. The summed E-state index contributed by atoms with van der Waals surface area (Å²) < 4.78 is 6.56. The average molecular weight is 283 g/mol. The maximum Gasteiger partial charge on any atom is 0.271 e. The molecule has 2 rings (SSSR count). The van der Waals surface area contributed by atoms with E-state index in [1.54, 1.807) is 13.1 Å². The Balaban J connectivity index is 2.51. The van der Waals surface area contributed by atoms with Gasteiger partial charge in [0.1, 0.15) is 17.1 Å². The number of nitrogens with zero attached hydrogens (tertiary/aromatic N) is 4. The van der Waals surface area contributed by atoms with Gasteiger partial charge in [-0.15, -0.1) is 16.7 Å². The van der Waals surface area contributed by atoms with Gasteiger partial charge in [0.2, 0.25) is 0 Å². The predicted octanol–water partition coefficient (Wildman–Crippen LogP) is 2.48. The van der Waals surface area contributed by atoms with Crippen molar-refractivity contribution < 1.29 is 9.66 Å². The predicted molar refractivity (Wildman–Crippen MR) is 68.8 cm³/mol. The number of rotatable bonds is 4. The second-order valence-electron chi connectivity index (χ2n) is 3.82. The topological polar surface area (TPSA) is 83.1 Å². The molecule has 19 heavy (non-hydrogen) atoms. The maximum absolute atomic E-state index is 10.8. The lowest BCUT2D eigenvalue weighted by atomic mass is 10.2. The summed E-state index contributed by atoms with van der Waals surface area (Å²) in [6.07, 6.45) is 1.61. The molecule has 0 saturated carbocycles. The molecule has 0 N–H and O–H groups in total. The minimum absolute atomic E-state index is 0.0493. The van der Waals surface area contributed by atoms with Gasteiger partial charge in [0.05, 0.1) is 23.6 Å². The van der Waals surface area contributed by atoms with E-state index in [-0.39, 0.29) is 11.1 Å². The van der Waals surface area contributed by atoms with E-state index in [4.69, 9.17) is 16.3 Å². The van der Waals surface area contributed by atoms with Crippen LogP contribution in [0.15, 0.2) is 24.4 Å². The van der Waals surface area contributed by atoms with Crippen molar-refractivity contribution in [1.82, 2.24) is 15.0 Å². The van der Waals surface area contributed by atoms with E-state index < -0.39 is 4.92 Å². The summed E-state index contributed by atoms with van der Waals surface area (Å²) >= 11 is 5.90. The van der Waals surface area contributed by atoms with E-state index in [2.05, 4.69) is 10.3 Å². The lowest BCUT2D eigenvalue weighted by Gasteiger charge is -2.07. The second kappa shape index (κ2) is 5.23. The first-order chi connectivity index (χ1) is 9.02. The van der Waals surface area contributed by atoms with E-state index in [0.717, 1.165) is 0 Å². The third-order valence-corrected chi connectivity index (χ3v) is 2.76. The number of ether oxygens (including phenoxy) is 1. The van der Waals surface area contributed by atoms with Crippen LogP contribution in [0.4, 0.5) is 5.69 Å². The number of alkyl halides is 1. The van der Waals surface area contributed by atoms with Crippen molar-refractivity contribution in [2.75, 3.05) is 7.11 Å². The molecule has 1 aromatic heterocycles. The SMILES string of the molecule is COc1ccc([N+](=O)[O-])cc1-n1cc(C(C)Cl)nn1. The van der Waals surface area contributed by atoms with Gasteiger partial charge < -0.3 is 4.74 Å². The van der Waals surface area contributed by atoms with Gasteiger partial charge in [-0.2, -0.15) is 0 Å². The third kappa shape index (κ3) is 2.65. The molecule has 1 atom stereocenters. The Labute approximate surface area is 113 Å². The Hall–Kier alpha value is -2.15. The van der Waals surface area contributed by atoms with Crippen molar-refractivity contribution in [1.29, 1.82) is 0 Å². The van der Waals surface area contributed by atoms with Crippen LogP contribution in [0.1, 0.15) is 18.0 Å².